The number of hydrogen-bond donors (Lipinski definition) is 1. The van der Waals surface area contributed by atoms with Crippen LogP contribution in [0.15, 0.2) is 29.9 Å². The Bertz CT molecular complexity index is 479. The van der Waals surface area contributed by atoms with Crippen molar-refractivity contribution in [2.75, 3.05) is 11.9 Å². The molecule has 0 saturated carbocycles. The number of rotatable bonds is 4. The number of nitrogens with zero attached hydrogens (tertiary/aromatic N) is 2. The van der Waals surface area contributed by atoms with E-state index in [-0.39, 0.29) is 0 Å². The van der Waals surface area contributed by atoms with Crippen molar-refractivity contribution >= 4 is 17.2 Å². The van der Waals surface area contributed by atoms with Gasteiger partial charge in [-0.15, -0.1) is 11.3 Å². The van der Waals surface area contributed by atoms with Crippen LogP contribution in [0.25, 0.3) is 0 Å². The number of hydrogen-bond acceptors (Lipinski definition) is 4. The summed E-state index contributed by atoms with van der Waals surface area (Å²) in [6, 6.07) is 2.34. The van der Waals surface area contributed by atoms with E-state index in [4.69, 9.17) is 0 Å². The van der Waals surface area contributed by atoms with Crippen LogP contribution in [0.5, 0.6) is 0 Å². The molecule has 0 spiro atoms. The minimum atomic E-state index is -4.34. The topological polar surface area (TPSA) is 37.8 Å². The van der Waals surface area contributed by atoms with Gasteiger partial charge in [-0.3, -0.25) is 0 Å². The Hall–Kier alpha value is -1.63. The Kier molecular flexibility index (Phi) is 3.81. The van der Waals surface area contributed by atoms with Crippen molar-refractivity contribution in [1.29, 1.82) is 0 Å². The van der Waals surface area contributed by atoms with Crippen LogP contribution in [-0.4, -0.2) is 16.5 Å². The average Bonchev–Trinajstić information content (AvgIpc) is 2.82. The second kappa shape index (κ2) is 5.34. The van der Waals surface area contributed by atoms with E-state index in [1.54, 1.807) is 17.5 Å². The molecule has 2 aromatic rings. The Balaban J connectivity index is 1.87. The Labute approximate surface area is 106 Å². The predicted octanol–water partition coefficient (Wildman–Crippen LogP) is 3.21. The molecule has 18 heavy (non-hydrogen) atoms. The number of aromatic nitrogens is 2. The third-order valence-electron chi connectivity index (χ3n) is 2.22. The standard InChI is InChI=1S/C11H10F3N3S/c12-11(13,14)8-1-2-9(17-7-8)15-4-3-10-16-5-6-18-10/h1-2,5-7H,3-4H2,(H,15,17). The zero-order chi connectivity index (χ0) is 13.0. The molecular formula is C11H10F3N3S. The highest BCUT2D eigenvalue weighted by Crippen LogP contribution is 2.28. The van der Waals surface area contributed by atoms with Crippen molar-refractivity contribution in [3.8, 4) is 0 Å². The lowest BCUT2D eigenvalue weighted by Gasteiger charge is -2.08. The van der Waals surface area contributed by atoms with Crippen molar-refractivity contribution in [3.05, 3.63) is 40.5 Å². The maximum Gasteiger partial charge on any atom is 0.417 e. The van der Waals surface area contributed by atoms with Crippen LogP contribution in [0.2, 0.25) is 0 Å². The summed E-state index contributed by atoms with van der Waals surface area (Å²) in [6.45, 7) is 0.589. The minimum Gasteiger partial charge on any atom is -0.370 e. The third kappa shape index (κ3) is 3.43. The van der Waals surface area contributed by atoms with Gasteiger partial charge in [0.2, 0.25) is 0 Å². The van der Waals surface area contributed by atoms with Crippen molar-refractivity contribution in [2.45, 2.75) is 12.6 Å². The molecule has 0 atom stereocenters. The molecule has 3 nitrogen and oxygen atoms in total. The predicted molar refractivity (Wildman–Crippen MR) is 63.5 cm³/mol. The number of halogens is 3. The zero-order valence-electron chi connectivity index (χ0n) is 9.24. The van der Waals surface area contributed by atoms with Gasteiger partial charge in [0.05, 0.1) is 10.6 Å². The first-order chi connectivity index (χ1) is 8.55. The summed E-state index contributed by atoms with van der Waals surface area (Å²) in [7, 11) is 0. The SMILES string of the molecule is FC(F)(F)c1ccc(NCCc2nccs2)nc1. The van der Waals surface area contributed by atoms with Gasteiger partial charge in [0, 0.05) is 30.7 Å². The fourth-order valence-corrected chi connectivity index (χ4v) is 1.96. The summed E-state index contributed by atoms with van der Waals surface area (Å²) in [5.41, 5.74) is -0.743. The van der Waals surface area contributed by atoms with Crippen LogP contribution < -0.4 is 5.32 Å². The summed E-state index contributed by atoms with van der Waals surface area (Å²) in [4.78, 5) is 7.82. The van der Waals surface area contributed by atoms with Crippen LogP contribution in [0, 0.1) is 0 Å². The smallest absolute Gasteiger partial charge is 0.370 e. The summed E-state index contributed by atoms with van der Waals surface area (Å²) >= 11 is 1.54. The number of pyridine rings is 1. The van der Waals surface area contributed by atoms with Gasteiger partial charge in [0.15, 0.2) is 0 Å². The molecular weight excluding hydrogens is 263 g/mol. The van der Waals surface area contributed by atoms with E-state index in [2.05, 4.69) is 15.3 Å². The molecule has 96 valence electrons. The molecule has 0 aliphatic heterocycles. The second-order valence-corrected chi connectivity index (χ2v) is 4.51. The molecule has 7 heteroatoms. The van der Waals surface area contributed by atoms with Gasteiger partial charge in [0.1, 0.15) is 5.82 Å². The van der Waals surface area contributed by atoms with E-state index < -0.39 is 11.7 Å². The Morgan fingerprint density at radius 1 is 1.22 bits per heavy atom. The Morgan fingerprint density at radius 2 is 2.06 bits per heavy atom. The fraction of sp³-hybridized carbons (Fsp3) is 0.273. The molecule has 0 radical (unpaired) electrons. The van der Waals surface area contributed by atoms with E-state index >= 15 is 0 Å². The number of nitrogens with one attached hydrogen (secondary N) is 1. The van der Waals surface area contributed by atoms with E-state index in [0.29, 0.717) is 12.4 Å². The van der Waals surface area contributed by atoms with Crippen LogP contribution >= 0.6 is 11.3 Å². The summed E-state index contributed by atoms with van der Waals surface area (Å²) in [5, 5.41) is 5.81. The molecule has 0 bridgehead atoms. The Morgan fingerprint density at radius 3 is 2.61 bits per heavy atom. The molecule has 0 aliphatic carbocycles. The second-order valence-electron chi connectivity index (χ2n) is 3.53. The highest BCUT2D eigenvalue weighted by atomic mass is 32.1. The van der Waals surface area contributed by atoms with Crippen LogP contribution in [0.4, 0.5) is 19.0 Å². The van der Waals surface area contributed by atoms with Crippen molar-refractivity contribution in [1.82, 2.24) is 9.97 Å². The third-order valence-corrected chi connectivity index (χ3v) is 3.06. The number of anilines is 1. The van der Waals surface area contributed by atoms with Gasteiger partial charge in [-0.05, 0) is 12.1 Å². The first kappa shape index (κ1) is 12.8. The lowest BCUT2D eigenvalue weighted by atomic mass is 10.3. The lowest BCUT2D eigenvalue weighted by Crippen LogP contribution is -2.08. The van der Waals surface area contributed by atoms with Gasteiger partial charge in [-0.25, -0.2) is 9.97 Å². The summed E-state index contributed by atoms with van der Waals surface area (Å²) in [6.07, 6.45) is -1.07. The number of thiazole rings is 1. The van der Waals surface area contributed by atoms with E-state index in [1.165, 1.54) is 6.07 Å². The lowest BCUT2D eigenvalue weighted by molar-refractivity contribution is -0.137. The first-order valence-electron chi connectivity index (χ1n) is 5.21. The fourth-order valence-electron chi connectivity index (χ4n) is 1.34. The van der Waals surface area contributed by atoms with Gasteiger partial charge < -0.3 is 5.32 Å². The molecule has 0 aliphatic rings. The van der Waals surface area contributed by atoms with E-state index in [0.717, 1.165) is 23.7 Å². The van der Waals surface area contributed by atoms with Crippen LogP contribution in [-0.2, 0) is 12.6 Å². The van der Waals surface area contributed by atoms with E-state index in [1.807, 2.05) is 5.38 Å². The average molecular weight is 273 g/mol. The van der Waals surface area contributed by atoms with Gasteiger partial charge >= 0.3 is 6.18 Å². The van der Waals surface area contributed by atoms with Gasteiger partial charge in [-0.2, -0.15) is 13.2 Å². The normalized spacial score (nSPS) is 11.5. The zero-order valence-corrected chi connectivity index (χ0v) is 10.1. The summed E-state index contributed by atoms with van der Waals surface area (Å²) < 4.78 is 36.9. The van der Waals surface area contributed by atoms with Crippen LogP contribution in [0.3, 0.4) is 0 Å². The minimum absolute atomic E-state index is 0.430. The van der Waals surface area contributed by atoms with Crippen molar-refractivity contribution < 1.29 is 13.2 Å². The number of alkyl halides is 3. The molecule has 0 aromatic carbocycles. The van der Waals surface area contributed by atoms with Crippen molar-refractivity contribution in [3.63, 3.8) is 0 Å². The maximum absolute atomic E-state index is 12.3. The van der Waals surface area contributed by atoms with Gasteiger partial charge in [0.25, 0.3) is 0 Å². The molecule has 1 N–H and O–H groups in total. The molecule has 2 rings (SSSR count). The van der Waals surface area contributed by atoms with E-state index in [9.17, 15) is 13.2 Å². The maximum atomic E-state index is 12.3. The molecule has 0 unspecified atom stereocenters. The molecule has 2 heterocycles. The molecule has 0 fully saturated rings. The largest absolute Gasteiger partial charge is 0.417 e. The van der Waals surface area contributed by atoms with Crippen LogP contribution in [0.1, 0.15) is 10.6 Å². The molecule has 0 saturated heterocycles. The highest BCUT2D eigenvalue weighted by Gasteiger charge is 2.30. The monoisotopic (exact) mass is 273 g/mol. The first-order valence-corrected chi connectivity index (χ1v) is 6.09. The van der Waals surface area contributed by atoms with Crippen molar-refractivity contribution in [2.24, 2.45) is 0 Å². The quantitative estimate of drug-likeness (QED) is 0.929. The molecule has 2 aromatic heterocycles. The summed E-state index contributed by atoms with van der Waals surface area (Å²) in [5.74, 6) is 0.430. The molecule has 0 amide bonds. The highest BCUT2D eigenvalue weighted by molar-refractivity contribution is 7.09. The van der Waals surface area contributed by atoms with Gasteiger partial charge in [-0.1, -0.05) is 0 Å².